The van der Waals surface area contributed by atoms with Crippen molar-refractivity contribution in [3.63, 3.8) is 0 Å². The van der Waals surface area contributed by atoms with Crippen LogP contribution >= 0.6 is 11.3 Å². The summed E-state index contributed by atoms with van der Waals surface area (Å²) in [5.74, 6) is -0.843. The van der Waals surface area contributed by atoms with Gasteiger partial charge in [-0.05, 0) is 41.3 Å². The summed E-state index contributed by atoms with van der Waals surface area (Å²) < 4.78 is 23.2. The largest absolute Gasteiger partial charge is 0.361 e. The number of thiophene rings is 1. The summed E-state index contributed by atoms with van der Waals surface area (Å²) in [5.41, 5.74) is 2.05. The Hall–Kier alpha value is -3.47. The average Bonchev–Trinajstić information content (AvgIpc) is 3.43. The van der Waals surface area contributed by atoms with E-state index in [2.05, 4.69) is 15.6 Å². The minimum atomic E-state index is -3.92. The second-order valence-corrected chi connectivity index (χ2v) is 9.64. The summed E-state index contributed by atoms with van der Waals surface area (Å²) in [6, 6.07) is 15.9. The first-order valence-electron chi connectivity index (χ1n) is 9.64. The molecular weight excluding hydrogens is 448 g/mol. The number of nitrogens with two attached hydrogens (primary N) is 1. The molecule has 0 unspecified atom stereocenters. The first kappa shape index (κ1) is 21.8. The predicted octanol–water partition coefficient (Wildman–Crippen LogP) is 2.86. The van der Waals surface area contributed by atoms with Gasteiger partial charge in [-0.3, -0.25) is 9.59 Å². The van der Waals surface area contributed by atoms with Crippen molar-refractivity contribution in [3.8, 4) is 0 Å². The molecule has 164 valence electrons. The highest BCUT2D eigenvalue weighted by Gasteiger charge is 2.24. The van der Waals surface area contributed by atoms with Crippen LogP contribution in [0.3, 0.4) is 0 Å². The zero-order valence-corrected chi connectivity index (χ0v) is 18.4. The molecule has 4 rings (SSSR count). The second kappa shape index (κ2) is 8.95. The summed E-state index contributed by atoms with van der Waals surface area (Å²) in [7, 11) is -3.92. The molecular formula is C22H20N4O4S2. The van der Waals surface area contributed by atoms with Crippen molar-refractivity contribution in [1.82, 2.24) is 10.3 Å². The van der Waals surface area contributed by atoms with Gasteiger partial charge >= 0.3 is 0 Å². The lowest BCUT2D eigenvalue weighted by molar-refractivity contribution is -0.118. The molecule has 0 fully saturated rings. The highest BCUT2D eigenvalue weighted by molar-refractivity contribution is 7.89. The molecule has 2 heterocycles. The lowest BCUT2D eigenvalue weighted by Gasteiger charge is -2.18. The molecule has 2 aromatic carbocycles. The van der Waals surface area contributed by atoms with Crippen LogP contribution in [0.4, 0.5) is 5.69 Å². The molecule has 0 saturated heterocycles. The Balaban J connectivity index is 1.60. The van der Waals surface area contributed by atoms with E-state index in [9.17, 15) is 18.0 Å². The van der Waals surface area contributed by atoms with E-state index in [0.717, 1.165) is 16.5 Å². The number of carbonyl (C=O) groups excluding carboxylic acids is 2. The van der Waals surface area contributed by atoms with Crippen LogP contribution in [0.2, 0.25) is 0 Å². The number of hydrogen-bond donors (Lipinski definition) is 4. The van der Waals surface area contributed by atoms with E-state index in [4.69, 9.17) is 5.14 Å². The molecule has 2 amide bonds. The molecule has 4 aromatic rings. The quantitative estimate of drug-likeness (QED) is 0.332. The first-order valence-corrected chi connectivity index (χ1v) is 12.1. The number of amides is 2. The summed E-state index contributed by atoms with van der Waals surface area (Å²) in [4.78, 5) is 29.3. The van der Waals surface area contributed by atoms with Crippen molar-refractivity contribution in [2.45, 2.75) is 17.4 Å². The lowest BCUT2D eigenvalue weighted by atomic mass is 10.0. The summed E-state index contributed by atoms with van der Waals surface area (Å²) in [6.45, 7) is 0. The van der Waals surface area contributed by atoms with Crippen LogP contribution in [0.1, 0.15) is 15.2 Å². The Bertz CT molecular complexity index is 1380. The van der Waals surface area contributed by atoms with Gasteiger partial charge in [-0.15, -0.1) is 11.3 Å². The zero-order valence-electron chi connectivity index (χ0n) is 16.7. The van der Waals surface area contributed by atoms with Gasteiger partial charge in [-0.1, -0.05) is 30.3 Å². The van der Waals surface area contributed by atoms with Gasteiger partial charge in [-0.25, -0.2) is 13.6 Å². The van der Waals surface area contributed by atoms with Crippen LogP contribution in [-0.2, 0) is 21.2 Å². The van der Waals surface area contributed by atoms with E-state index in [1.807, 2.05) is 30.5 Å². The van der Waals surface area contributed by atoms with E-state index in [0.29, 0.717) is 4.88 Å². The Labute approximate surface area is 188 Å². The second-order valence-electron chi connectivity index (χ2n) is 7.13. The third-order valence-corrected chi connectivity index (χ3v) is 6.68. The van der Waals surface area contributed by atoms with E-state index in [1.54, 1.807) is 23.6 Å². The van der Waals surface area contributed by atoms with Crippen LogP contribution < -0.4 is 15.8 Å². The SMILES string of the molecule is NS(=O)(=O)c1cccc(NC(=O)[C@H](Cc2c[nH]c3ccccc23)NC(=O)c2cccs2)c1. The molecule has 0 aliphatic heterocycles. The monoisotopic (exact) mass is 468 g/mol. The van der Waals surface area contributed by atoms with Gasteiger partial charge in [0.2, 0.25) is 15.9 Å². The van der Waals surface area contributed by atoms with Crippen molar-refractivity contribution in [2.24, 2.45) is 5.14 Å². The van der Waals surface area contributed by atoms with Crippen molar-refractivity contribution in [2.75, 3.05) is 5.32 Å². The predicted molar refractivity (Wildman–Crippen MR) is 124 cm³/mol. The number of sulfonamides is 1. The molecule has 10 heteroatoms. The summed E-state index contributed by atoms with van der Waals surface area (Å²) in [5, 5.41) is 13.4. The van der Waals surface area contributed by atoms with Gasteiger partial charge in [0.15, 0.2) is 0 Å². The van der Waals surface area contributed by atoms with Gasteiger partial charge in [0, 0.05) is 29.2 Å². The normalized spacial score (nSPS) is 12.4. The van der Waals surface area contributed by atoms with Crippen molar-refractivity contribution in [3.05, 3.63) is 82.7 Å². The maximum atomic E-state index is 13.1. The van der Waals surface area contributed by atoms with Gasteiger partial charge < -0.3 is 15.6 Å². The number of nitrogens with one attached hydrogen (secondary N) is 3. The third kappa shape index (κ3) is 4.88. The van der Waals surface area contributed by atoms with Crippen LogP contribution in [0.15, 0.2) is 77.1 Å². The topological polar surface area (TPSA) is 134 Å². The maximum Gasteiger partial charge on any atom is 0.262 e. The minimum absolute atomic E-state index is 0.119. The molecule has 0 radical (unpaired) electrons. The number of H-pyrrole nitrogens is 1. The van der Waals surface area contributed by atoms with Crippen molar-refractivity contribution < 1.29 is 18.0 Å². The summed E-state index contributed by atoms with van der Waals surface area (Å²) in [6.07, 6.45) is 2.05. The molecule has 0 bridgehead atoms. The van der Waals surface area contributed by atoms with Crippen LogP contribution in [-0.4, -0.2) is 31.3 Å². The van der Waals surface area contributed by atoms with Crippen molar-refractivity contribution in [1.29, 1.82) is 0 Å². The fourth-order valence-electron chi connectivity index (χ4n) is 3.35. The number of carbonyl (C=O) groups is 2. The highest BCUT2D eigenvalue weighted by Crippen LogP contribution is 2.21. The molecule has 0 spiro atoms. The molecule has 5 N–H and O–H groups in total. The Morgan fingerprint density at radius 2 is 1.88 bits per heavy atom. The molecule has 2 aromatic heterocycles. The number of fused-ring (bicyclic) bond motifs is 1. The van der Waals surface area contributed by atoms with Gasteiger partial charge in [0.05, 0.1) is 9.77 Å². The fourth-order valence-corrected chi connectivity index (χ4v) is 4.53. The Morgan fingerprint density at radius 1 is 1.06 bits per heavy atom. The fraction of sp³-hybridized carbons (Fsp3) is 0.0909. The maximum absolute atomic E-state index is 13.1. The molecule has 0 saturated carbocycles. The van der Waals surface area contributed by atoms with Gasteiger partial charge in [0.1, 0.15) is 6.04 Å². The van der Waals surface area contributed by atoms with E-state index in [-0.39, 0.29) is 22.9 Å². The molecule has 0 aliphatic rings. The van der Waals surface area contributed by atoms with E-state index < -0.39 is 22.0 Å². The number of para-hydroxylation sites is 1. The lowest BCUT2D eigenvalue weighted by Crippen LogP contribution is -2.45. The highest BCUT2D eigenvalue weighted by atomic mass is 32.2. The average molecular weight is 469 g/mol. The number of aromatic nitrogens is 1. The van der Waals surface area contributed by atoms with Crippen LogP contribution in [0, 0.1) is 0 Å². The molecule has 0 aliphatic carbocycles. The molecule has 1 atom stereocenters. The Kier molecular flexibility index (Phi) is 6.08. The smallest absolute Gasteiger partial charge is 0.262 e. The number of primary sulfonamides is 1. The minimum Gasteiger partial charge on any atom is -0.361 e. The number of aromatic amines is 1. The third-order valence-electron chi connectivity index (χ3n) is 4.90. The van der Waals surface area contributed by atoms with E-state index >= 15 is 0 Å². The molecule has 32 heavy (non-hydrogen) atoms. The number of benzene rings is 2. The van der Waals surface area contributed by atoms with Gasteiger partial charge in [0.25, 0.3) is 5.91 Å². The number of anilines is 1. The Morgan fingerprint density at radius 3 is 2.62 bits per heavy atom. The zero-order chi connectivity index (χ0) is 22.7. The van der Waals surface area contributed by atoms with Gasteiger partial charge in [-0.2, -0.15) is 0 Å². The summed E-state index contributed by atoms with van der Waals surface area (Å²) >= 11 is 1.27. The number of hydrogen-bond acceptors (Lipinski definition) is 5. The van der Waals surface area contributed by atoms with Crippen LogP contribution in [0.25, 0.3) is 10.9 Å². The number of rotatable bonds is 7. The van der Waals surface area contributed by atoms with E-state index in [1.165, 1.54) is 29.5 Å². The van der Waals surface area contributed by atoms with Crippen molar-refractivity contribution >= 4 is 49.8 Å². The molecule has 8 nitrogen and oxygen atoms in total. The van der Waals surface area contributed by atoms with Crippen LogP contribution in [0.5, 0.6) is 0 Å². The first-order chi connectivity index (χ1) is 15.3. The standard InChI is InChI=1S/C22H20N4O4S2/c23-32(29,30)16-6-3-5-15(12-16)25-21(27)19(26-22(28)20-9-4-10-31-20)11-14-13-24-18-8-2-1-7-17(14)18/h1-10,12-13,19,24H,11H2,(H,25,27)(H,26,28)(H2,23,29,30)/t19-/m0/s1.